The topological polar surface area (TPSA) is 0 Å². The molecule has 0 saturated carbocycles. The second kappa shape index (κ2) is 19.4. The molecule has 0 amide bonds. The monoisotopic (exact) mass is 478 g/mol. The Morgan fingerprint density at radius 3 is 1.35 bits per heavy atom. The van der Waals surface area contributed by atoms with E-state index in [0.29, 0.717) is 0 Å². The van der Waals surface area contributed by atoms with Crippen molar-refractivity contribution in [2.24, 2.45) is 0 Å². The minimum absolute atomic E-state index is 1.09. The van der Waals surface area contributed by atoms with Crippen LogP contribution < -0.4 is 0 Å². The summed E-state index contributed by atoms with van der Waals surface area (Å²) in [5, 5.41) is 4.43. The first-order valence-electron chi connectivity index (χ1n) is 13.3. The molecule has 0 unspecified atom stereocenters. The van der Waals surface area contributed by atoms with Gasteiger partial charge >= 0.3 is 0 Å². The molecule has 0 saturated heterocycles. The van der Waals surface area contributed by atoms with Gasteiger partial charge < -0.3 is 0 Å². The summed E-state index contributed by atoms with van der Waals surface area (Å²) in [5.41, 5.74) is 9.07. The highest BCUT2D eigenvalue weighted by Crippen LogP contribution is 2.16. The van der Waals surface area contributed by atoms with Gasteiger partial charge in [-0.25, -0.2) is 0 Å². The smallest absolute Gasteiger partial charge is 0.00611 e. The highest BCUT2D eigenvalue weighted by atomic mass is 32.1. The fraction of sp³-hybridized carbons (Fsp3) is 0.515. The van der Waals surface area contributed by atoms with Crippen LogP contribution >= 0.6 is 11.3 Å². The molecule has 0 atom stereocenters. The van der Waals surface area contributed by atoms with Crippen LogP contribution in [0.15, 0.2) is 87.7 Å². The van der Waals surface area contributed by atoms with E-state index in [-0.39, 0.29) is 0 Å². The molecule has 0 aliphatic heterocycles. The summed E-state index contributed by atoms with van der Waals surface area (Å²) in [6.07, 6.45) is 28.1. The van der Waals surface area contributed by atoms with Gasteiger partial charge in [-0.1, -0.05) is 64.3 Å². The van der Waals surface area contributed by atoms with Crippen molar-refractivity contribution in [1.29, 1.82) is 0 Å². The molecule has 1 aromatic heterocycles. The summed E-state index contributed by atoms with van der Waals surface area (Å²) < 4.78 is 0. The Morgan fingerprint density at radius 2 is 1.00 bits per heavy atom. The van der Waals surface area contributed by atoms with Crippen LogP contribution in [0.5, 0.6) is 0 Å². The molecule has 1 heterocycles. The maximum absolute atomic E-state index is 3.80. The molecule has 0 nitrogen and oxygen atoms in total. The predicted octanol–water partition coefficient (Wildman–Crippen LogP) is 11.5. The van der Waals surface area contributed by atoms with Crippen molar-refractivity contribution in [2.75, 3.05) is 0 Å². The van der Waals surface area contributed by atoms with E-state index in [0.717, 1.165) is 25.7 Å². The van der Waals surface area contributed by atoms with Crippen molar-refractivity contribution >= 4 is 11.3 Å². The molecule has 0 fully saturated rings. The van der Waals surface area contributed by atoms with E-state index >= 15 is 0 Å². The molecule has 1 aromatic rings. The fourth-order valence-electron chi connectivity index (χ4n) is 3.95. The molecule has 1 rings (SSSR count). The van der Waals surface area contributed by atoms with Crippen LogP contribution in [0.4, 0.5) is 0 Å². The molecule has 0 bridgehead atoms. The van der Waals surface area contributed by atoms with Gasteiger partial charge in [-0.2, -0.15) is 11.3 Å². The highest BCUT2D eigenvalue weighted by molar-refractivity contribution is 7.07. The van der Waals surface area contributed by atoms with Gasteiger partial charge in [-0.15, -0.1) is 6.58 Å². The second-order valence-electron chi connectivity index (χ2n) is 9.90. The van der Waals surface area contributed by atoms with Crippen LogP contribution in [0.25, 0.3) is 0 Å². The molecule has 0 N–H and O–H groups in total. The van der Waals surface area contributed by atoms with Crippen molar-refractivity contribution in [1.82, 2.24) is 0 Å². The van der Waals surface area contributed by atoms with Crippen LogP contribution in [-0.4, -0.2) is 0 Å². The summed E-state index contributed by atoms with van der Waals surface area (Å²) in [6, 6.07) is 2.24. The quantitative estimate of drug-likeness (QED) is 0.184. The van der Waals surface area contributed by atoms with Crippen molar-refractivity contribution < 1.29 is 0 Å². The van der Waals surface area contributed by atoms with Gasteiger partial charge in [0, 0.05) is 0 Å². The molecule has 1 heteroatoms. The molecule has 34 heavy (non-hydrogen) atoms. The highest BCUT2D eigenvalue weighted by Gasteiger charge is 1.96. The predicted molar refractivity (Wildman–Crippen MR) is 158 cm³/mol. The molecule has 188 valence electrons. The zero-order chi connectivity index (χ0) is 25.0. The number of hydrogen-bond acceptors (Lipinski definition) is 1. The zero-order valence-electron chi connectivity index (χ0n) is 22.8. The minimum Gasteiger partial charge on any atom is -0.152 e. The van der Waals surface area contributed by atoms with Crippen LogP contribution in [0.2, 0.25) is 0 Å². The maximum atomic E-state index is 3.80. The fourth-order valence-corrected chi connectivity index (χ4v) is 4.65. The number of hydrogen-bond donors (Lipinski definition) is 0. The van der Waals surface area contributed by atoms with E-state index in [1.165, 1.54) is 84.8 Å². The van der Waals surface area contributed by atoms with Crippen LogP contribution in [-0.2, 0) is 6.42 Å². The van der Waals surface area contributed by atoms with Gasteiger partial charge in [0.05, 0.1) is 0 Å². The van der Waals surface area contributed by atoms with Crippen LogP contribution in [0.3, 0.4) is 0 Å². The van der Waals surface area contributed by atoms with E-state index in [1.807, 2.05) is 6.08 Å². The van der Waals surface area contributed by atoms with Crippen molar-refractivity contribution in [3.8, 4) is 0 Å². The Morgan fingerprint density at radius 1 is 0.618 bits per heavy atom. The number of aryl methyl sites for hydroxylation is 1. The SMILES string of the molecule is C=CCCC(C)=CCCC(C)=CCCC(C)=CCCC(C)=CCCC(C)=CCCc1ccsc1. The lowest BCUT2D eigenvalue weighted by Gasteiger charge is -2.04. The van der Waals surface area contributed by atoms with E-state index in [4.69, 9.17) is 0 Å². The van der Waals surface area contributed by atoms with Gasteiger partial charge in [-0.05, 0) is 134 Å². The van der Waals surface area contributed by atoms with E-state index in [2.05, 4.69) is 88.4 Å². The largest absolute Gasteiger partial charge is 0.152 e. The average Bonchev–Trinajstić information content (AvgIpc) is 3.31. The third-order valence-corrected chi connectivity index (χ3v) is 7.11. The Hall–Kier alpha value is -1.86. The van der Waals surface area contributed by atoms with Gasteiger partial charge in [0.2, 0.25) is 0 Å². The first-order chi connectivity index (χ1) is 16.4. The van der Waals surface area contributed by atoms with Crippen molar-refractivity contribution in [3.05, 3.63) is 93.3 Å². The summed E-state index contributed by atoms with van der Waals surface area (Å²) in [4.78, 5) is 0. The summed E-state index contributed by atoms with van der Waals surface area (Å²) in [6.45, 7) is 15.2. The molecule has 0 aromatic carbocycles. The first kappa shape index (κ1) is 30.2. The van der Waals surface area contributed by atoms with E-state index in [1.54, 1.807) is 11.3 Å². The Balaban J connectivity index is 2.19. The van der Waals surface area contributed by atoms with Gasteiger partial charge in [0.1, 0.15) is 0 Å². The minimum atomic E-state index is 1.09. The van der Waals surface area contributed by atoms with Crippen molar-refractivity contribution in [3.63, 3.8) is 0 Å². The molecule has 0 spiro atoms. The Kier molecular flexibility index (Phi) is 17.3. The third kappa shape index (κ3) is 16.7. The van der Waals surface area contributed by atoms with Gasteiger partial charge in [0.25, 0.3) is 0 Å². The lowest BCUT2D eigenvalue weighted by molar-refractivity contribution is 0.885. The average molecular weight is 479 g/mol. The van der Waals surface area contributed by atoms with E-state index < -0.39 is 0 Å². The summed E-state index contributed by atoms with van der Waals surface area (Å²) in [7, 11) is 0. The zero-order valence-corrected chi connectivity index (χ0v) is 23.6. The molecule has 0 aliphatic rings. The van der Waals surface area contributed by atoms with E-state index in [9.17, 15) is 0 Å². The number of allylic oxidation sites excluding steroid dienone is 11. The van der Waals surface area contributed by atoms with Gasteiger partial charge in [-0.3, -0.25) is 0 Å². The Bertz CT molecular complexity index is 824. The molecule has 0 aliphatic carbocycles. The lowest BCUT2D eigenvalue weighted by atomic mass is 10.0. The summed E-state index contributed by atoms with van der Waals surface area (Å²) in [5.74, 6) is 0. The second-order valence-corrected chi connectivity index (χ2v) is 10.7. The molecular weight excluding hydrogens is 428 g/mol. The van der Waals surface area contributed by atoms with Gasteiger partial charge in [0.15, 0.2) is 0 Å². The third-order valence-electron chi connectivity index (χ3n) is 6.37. The lowest BCUT2D eigenvalue weighted by Crippen LogP contribution is -1.84. The molecular formula is C33H50S. The van der Waals surface area contributed by atoms with Crippen LogP contribution in [0.1, 0.15) is 111 Å². The van der Waals surface area contributed by atoms with Crippen LogP contribution in [0, 0.1) is 0 Å². The summed E-state index contributed by atoms with van der Waals surface area (Å²) >= 11 is 1.79. The number of rotatable bonds is 18. The maximum Gasteiger partial charge on any atom is -0.00611 e. The first-order valence-corrected chi connectivity index (χ1v) is 14.2. The van der Waals surface area contributed by atoms with Crippen molar-refractivity contribution in [2.45, 2.75) is 112 Å². The Labute approximate surface area is 216 Å². The normalized spacial score (nSPS) is 14.1. The number of thiophene rings is 1. The molecule has 0 radical (unpaired) electrons. The standard InChI is InChI=1S/C33H50S/c1-7-8-14-28(2)15-9-16-29(3)17-10-18-30(4)19-11-20-31(5)21-12-22-32(6)23-13-24-33-25-26-34-27-33/h7,15,17,19,21,23,25-27H,1,8-14,16,18,20,22,24H2,2-6H3.